The molecule has 18 heavy (non-hydrogen) atoms. The highest BCUT2D eigenvalue weighted by molar-refractivity contribution is 7.91. The maximum absolute atomic E-state index is 12.1. The average molecular weight is 290 g/mol. The van der Waals surface area contributed by atoms with Gasteiger partial charge in [-0.2, -0.15) is 0 Å². The van der Waals surface area contributed by atoms with Crippen molar-refractivity contribution in [2.75, 3.05) is 26.7 Å². The van der Waals surface area contributed by atoms with E-state index in [0.29, 0.717) is 10.6 Å². The van der Waals surface area contributed by atoms with Gasteiger partial charge in [0, 0.05) is 30.5 Å². The highest BCUT2D eigenvalue weighted by Crippen LogP contribution is 2.22. The molecular weight excluding hydrogens is 272 g/mol. The lowest BCUT2D eigenvalue weighted by molar-refractivity contribution is 0.300. The van der Waals surface area contributed by atoms with Crippen LogP contribution in [0.25, 0.3) is 0 Å². The fourth-order valence-electron chi connectivity index (χ4n) is 2.06. The topological polar surface area (TPSA) is 69.6 Å². The van der Waals surface area contributed by atoms with Crippen LogP contribution in [0.15, 0.2) is 16.3 Å². The largest absolute Gasteiger partial charge is 0.396 e. The summed E-state index contributed by atoms with van der Waals surface area (Å²) >= 11 is 1.22. The van der Waals surface area contributed by atoms with Crippen LogP contribution in [-0.2, 0) is 16.4 Å². The first-order chi connectivity index (χ1) is 8.51. The van der Waals surface area contributed by atoms with Crippen molar-refractivity contribution in [3.05, 3.63) is 17.0 Å². The summed E-state index contributed by atoms with van der Waals surface area (Å²) in [4.78, 5) is 3.00. The number of hydrogen-bond acceptors (Lipinski definition) is 5. The van der Waals surface area contributed by atoms with Gasteiger partial charge in [0.1, 0.15) is 4.21 Å². The van der Waals surface area contributed by atoms with Crippen LogP contribution in [-0.4, -0.2) is 51.2 Å². The third kappa shape index (κ3) is 3.30. The number of sulfonamides is 1. The summed E-state index contributed by atoms with van der Waals surface area (Å²) in [5.74, 6) is 0. The summed E-state index contributed by atoms with van der Waals surface area (Å²) in [6.07, 6.45) is 1.36. The van der Waals surface area contributed by atoms with Crippen molar-refractivity contribution in [2.45, 2.75) is 23.1 Å². The molecular formula is C11H18N2O3S2. The van der Waals surface area contributed by atoms with Crippen molar-refractivity contribution in [3.63, 3.8) is 0 Å². The third-order valence-corrected chi connectivity index (χ3v) is 6.13. The lowest BCUT2D eigenvalue weighted by atomic mass is 10.3. The Kier molecular flexibility index (Phi) is 4.39. The van der Waals surface area contributed by atoms with Gasteiger partial charge in [0.25, 0.3) is 0 Å². The quantitative estimate of drug-likeness (QED) is 0.816. The molecule has 102 valence electrons. The molecule has 2 N–H and O–H groups in total. The molecule has 1 unspecified atom stereocenters. The monoisotopic (exact) mass is 290 g/mol. The summed E-state index contributed by atoms with van der Waals surface area (Å²) < 4.78 is 27.3. The van der Waals surface area contributed by atoms with Gasteiger partial charge in [-0.15, -0.1) is 11.3 Å². The molecule has 1 aliphatic rings. The summed E-state index contributed by atoms with van der Waals surface area (Å²) in [6, 6.07) is 3.37. The van der Waals surface area contributed by atoms with Crippen molar-refractivity contribution >= 4 is 21.4 Å². The molecule has 1 atom stereocenters. The number of nitrogens with zero attached hydrogens (tertiary/aromatic N) is 1. The zero-order valence-corrected chi connectivity index (χ0v) is 11.9. The Labute approximate surface area is 111 Å². The van der Waals surface area contributed by atoms with E-state index in [-0.39, 0.29) is 12.6 Å². The van der Waals surface area contributed by atoms with E-state index in [9.17, 15) is 8.42 Å². The molecule has 0 saturated carbocycles. The van der Waals surface area contributed by atoms with E-state index in [1.54, 1.807) is 12.1 Å². The highest BCUT2D eigenvalue weighted by Gasteiger charge is 2.26. The predicted molar refractivity (Wildman–Crippen MR) is 71.3 cm³/mol. The van der Waals surface area contributed by atoms with Crippen molar-refractivity contribution in [1.29, 1.82) is 0 Å². The van der Waals surface area contributed by atoms with Gasteiger partial charge in [0.15, 0.2) is 0 Å². The summed E-state index contributed by atoms with van der Waals surface area (Å²) in [7, 11) is -1.42. The van der Waals surface area contributed by atoms with Crippen LogP contribution >= 0.6 is 11.3 Å². The van der Waals surface area contributed by atoms with Gasteiger partial charge >= 0.3 is 0 Å². The van der Waals surface area contributed by atoms with E-state index in [1.807, 2.05) is 7.05 Å². The van der Waals surface area contributed by atoms with Crippen LogP contribution in [0, 0.1) is 0 Å². The molecule has 2 rings (SSSR count). The maximum atomic E-state index is 12.1. The van der Waals surface area contributed by atoms with Gasteiger partial charge in [0.2, 0.25) is 10.0 Å². The lowest BCUT2D eigenvalue weighted by Crippen LogP contribution is -2.36. The molecule has 1 aliphatic heterocycles. The number of hydrogen-bond donors (Lipinski definition) is 2. The van der Waals surface area contributed by atoms with E-state index >= 15 is 0 Å². The van der Waals surface area contributed by atoms with Crippen LogP contribution in [0.2, 0.25) is 0 Å². The Hall–Kier alpha value is -0.470. The minimum Gasteiger partial charge on any atom is -0.396 e. The zero-order valence-electron chi connectivity index (χ0n) is 10.3. The summed E-state index contributed by atoms with van der Waals surface area (Å²) in [5, 5.41) is 8.83. The third-order valence-electron chi connectivity index (χ3n) is 2.97. The Morgan fingerprint density at radius 2 is 2.33 bits per heavy atom. The molecule has 0 amide bonds. The van der Waals surface area contributed by atoms with Gasteiger partial charge < -0.3 is 10.0 Å². The smallest absolute Gasteiger partial charge is 0.250 e. The molecule has 1 aromatic rings. The van der Waals surface area contributed by atoms with E-state index < -0.39 is 10.0 Å². The van der Waals surface area contributed by atoms with E-state index in [4.69, 9.17) is 5.11 Å². The van der Waals surface area contributed by atoms with Crippen LogP contribution in [0.4, 0.5) is 0 Å². The van der Waals surface area contributed by atoms with Gasteiger partial charge in [-0.05, 0) is 32.1 Å². The minimum absolute atomic E-state index is 0.00314. The summed E-state index contributed by atoms with van der Waals surface area (Å²) in [5.41, 5.74) is 0. The molecule has 7 heteroatoms. The van der Waals surface area contributed by atoms with Crippen molar-refractivity contribution in [3.8, 4) is 0 Å². The number of nitrogens with one attached hydrogen (secondary N) is 1. The number of aliphatic hydroxyl groups is 1. The second kappa shape index (κ2) is 5.66. The Morgan fingerprint density at radius 1 is 1.56 bits per heavy atom. The van der Waals surface area contributed by atoms with Gasteiger partial charge in [0.05, 0.1) is 0 Å². The minimum atomic E-state index is -3.40. The Balaban J connectivity index is 2.05. The Bertz CT molecular complexity index is 498. The maximum Gasteiger partial charge on any atom is 0.250 e. The molecule has 2 heterocycles. The standard InChI is InChI=1S/C11H18N2O3S2/c1-13-6-4-9(8-13)12-18(15,16)11-3-2-10(17-11)5-7-14/h2-3,9,12,14H,4-8H2,1H3. The number of thiophene rings is 1. The number of aliphatic hydroxyl groups excluding tert-OH is 1. The molecule has 0 aromatic carbocycles. The molecule has 0 aliphatic carbocycles. The van der Waals surface area contributed by atoms with Gasteiger partial charge in [-0.1, -0.05) is 0 Å². The van der Waals surface area contributed by atoms with Gasteiger partial charge in [-0.3, -0.25) is 0 Å². The number of rotatable bonds is 5. The first-order valence-corrected chi connectivity index (χ1v) is 8.21. The molecule has 1 saturated heterocycles. The van der Waals surface area contributed by atoms with Crippen molar-refractivity contribution in [2.24, 2.45) is 0 Å². The fourth-order valence-corrected chi connectivity index (χ4v) is 4.68. The summed E-state index contributed by atoms with van der Waals surface area (Å²) in [6.45, 7) is 1.72. The number of likely N-dealkylation sites (tertiary alicyclic amines) is 1. The van der Waals surface area contributed by atoms with Crippen LogP contribution in [0.3, 0.4) is 0 Å². The first-order valence-electron chi connectivity index (χ1n) is 5.92. The Morgan fingerprint density at radius 3 is 2.94 bits per heavy atom. The van der Waals surface area contributed by atoms with Gasteiger partial charge in [-0.25, -0.2) is 13.1 Å². The van der Waals surface area contributed by atoms with E-state index in [1.165, 1.54) is 11.3 Å². The van der Waals surface area contributed by atoms with E-state index in [0.717, 1.165) is 24.4 Å². The normalized spacial score (nSPS) is 21.6. The van der Waals surface area contributed by atoms with Crippen molar-refractivity contribution in [1.82, 2.24) is 9.62 Å². The predicted octanol–water partition coefficient (Wildman–Crippen LogP) is 0.265. The fraction of sp³-hybridized carbons (Fsp3) is 0.636. The van der Waals surface area contributed by atoms with Crippen LogP contribution in [0.1, 0.15) is 11.3 Å². The molecule has 5 nitrogen and oxygen atoms in total. The van der Waals surface area contributed by atoms with Crippen LogP contribution < -0.4 is 4.72 Å². The molecule has 0 radical (unpaired) electrons. The zero-order chi connectivity index (χ0) is 13.2. The molecule has 1 aromatic heterocycles. The first kappa shape index (κ1) is 14.0. The molecule has 0 spiro atoms. The second-order valence-electron chi connectivity index (χ2n) is 4.56. The number of likely N-dealkylation sites (N-methyl/N-ethyl adjacent to an activating group) is 1. The SMILES string of the molecule is CN1CCC(NS(=O)(=O)c2ccc(CCO)s2)C1. The molecule has 0 bridgehead atoms. The lowest BCUT2D eigenvalue weighted by Gasteiger charge is -2.12. The highest BCUT2D eigenvalue weighted by atomic mass is 32.2. The van der Waals surface area contributed by atoms with Crippen LogP contribution in [0.5, 0.6) is 0 Å². The van der Waals surface area contributed by atoms with E-state index in [2.05, 4.69) is 9.62 Å². The molecule has 1 fully saturated rings. The average Bonchev–Trinajstić information content (AvgIpc) is 2.88. The van der Waals surface area contributed by atoms with Crippen molar-refractivity contribution < 1.29 is 13.5 Å². The second-order valence-corrected chi connectivity index (χ2v) is 7.67.